The molecule has 0 radical (unpaired) electrons. The van der Waals surface area contributed by atoms with Crippen molar-refractivity contribution in [2.24, 2.45) is 0 Å². The Bertz CT molecular complexity index is 853. The quantitative estimate of drug-likeness (QED) is 0.668. The largest absolute Gasteiger partial charge is 0.350 e. The number of benzene rings is 2. The molecule has 0 aliphatic rings. The normalized spacial score (nSPS) is 10.3. The SMILES string of the molecule is O=C(NCCc1ccc(Cl)cc1)c1ccnc(NCc2ccccc2)n1. The molecule has 26 heavy (non-hydrogen) atoms. The van der Waals surface area contributed by atoms with Crippen molar-refractivity contribution < 1.29 is 4.79 Å². The maximum absolute atomic E-state index is 12.3. The van der Waals surface area contributed by atoms with E-state index in [1.54, 1.807) is 12.3 Å². The number of carbonyl (C=O) groups is 1. The predicted octanol–water partition coefficient (Wildman–Crippen LogP) is 3.71. The molecule has 3 rings (SSSR count). The standard InChI is InChI=1S/C20H19ClN4O/c21-17-8-6-15(7-9-17)10-12-22-19(26)18-11-13-23-20(25-18)24-14-16-4-2-1-3-5-16/h1-9,11,13H,10,12,14H2,(H,22,26)(H,23,24,25). The third-order valence-corrected chi connectivity index (χ3v) is 4.05. The van der Waals surface area contributed by atoms with Gasteiger partial charge in [0.1, 0.15) is 5.69 Å². The topological polar surface area (TPSA) is 66.9 Å². The zero-order valence-electron chi connectivity index (χ0n) is 14.2. The van der Waals surface area contributed by atoms with Gasteiger partial charge in [0.05, 0.1) is 0 Å². The highest BCUT2D eigenvalue weighted by atomic mass is 35.5. The number of nitrogens with one attached hydrogen (secondary N) is 2. The summed E-state index contributed by atoms with van der Waals surface area (Å²) in [4.78, 5) is 20.7. The molecule has 1 aromatic heterocycles. The van der Waals surface area contributed by atoms with Crippen molar-refractivity contribution in [3.05, 3.63) is 88.7 Å². The van der Waals surface area contributed by atoms with Gasteiger partial charge in [0.2, 0.25) is 5.95 Å². The maximum atomic E-state index is 12.3. The molecule has 1 amide bonds. The van der Waals surface area contributed by atoms with Crippen molar-refractivity contribution in [2.75, 3.05) is 11.9 Å². The Hall–Kier alpha value is -2.92. The van der Waals surface area contributed by atoms with Crippen molar-refractivity contribution >= 4 is 23.5 Å². The summed E-state index contributed by atoms with van der Waals surface area (Å²) in [5.74, 6) is 0.211. The second-order valence-electron chi connectivity index (χ2n) is 5.74. The molecule has 0 fully saturated rings. The molecule has 1 heterocycles. The number of hydrogen-bond acceptors (Lipinski definition) is 4. The number of anilines is 1. The summed E-state index contributed by atoms with van der Waals surface area (Å²) < 4.78 is 0. The van der Waals surface area contributed by atoms with E-state index in [2.05, 4.69) is 20.6 Å². The molecule has 0 aliphatic carbocycles. The molecule has 0 bridgehead atoms. The number of aromatic nitrogens is 2. The second kappa shape index (κ2) is 8.97. The number of carbonyl (C=O) groups excluding carboxylic acids is 1. The second-order valence-corrected chi connectivity index (χ2v) is 6.17. The van der Waals surface area contributed by atoms with E-state index in [0.29, 0.717) is 29.8 Å². The van der Waals surface area contributed by atoms with Crippen LogP contribution in [0, 0.1) is 0 Å². The van der Waals surface area contributed by atoms with E-state index in [4.69, 9.17) is 11.6 Å². The van der Waals surface area contributed by atoms with Gasteiger partial charge in [-0.25, -0.2) is 9.97 Å². The smallest absolute Gasteiger partial charge is 0.270 e. The van der Waals surface area contributed by atoms with Gasteiger partial charge >= 0.3 is 0 Å². The van der Waals surface area contributed by atoms with E-state index in [0.717, 1.165) is 17.5 Å². The van der Waals surface area contributed by atoms with E-state index >= 15 is 0 Å². The Morgan fingerprint density at radius 2 is 1.73 bits per heavy atom. The minimum Gasteiger partial charge on any atom is -0.350 e. The molecule has 6 heteroatoms. The lowest BCUT2D eigenvalue weighted by Crippen LogP contribution is -2.26. The minimum absolute atomic E-state index is 0.218. The zero-order valence-corrected chi connectivity index (χ0v) is 14.9. The van der Waals surface area contributed by atoms with Gasteiger partial charge in [-0.1, -0.05) is 54.1 Å². The van der Waals surface area contributed by atoms with Gasteiger partial charge in [0, 0.05) is 24.3 Å². The van der Waals surface area contributed by atoms with Crippen LogP contribution in [0.15, 0.2) is 66.9 Å². The molecular formula is C20H19ClN4O. The first-order valence-corrected chi connectivity index (χ1v) is 8.72. The summed E-state index contributed by atoms with van der Waals surface area (Å²) >= 11 is 5.87. The molecule has 132 valence electrons. The number of nitrogens with zero attached hydrogens (tertiary/aromatic N) is 2. The van der Waals surface area contributed by atoms with Gasteiger partial charge in [-0.2, -0.15) is 0 Å². The first kappa shape index (κ1) is 17.9. The van der Waals surface area contributed by atoms with Crippen molar-refractivity contribution in [1.82, 2.24) is 15.3 Å². The van der Waals surface area contributed by atoms with Crippen LogP contribution in [0.3, 0.4) is 0 Å². The van der Waals surface area contributed by atoms with E-state index in [-0.39, 0.29) is 5.91 Å². The average Bonchev–Trinajstić information content (AvgIpc) is 2.69. The molecule has 0 unspecified atom stereocenters. The number of amides is 1. The fourth-order valence-electron chi connectivity index (χ4n) is 2.41. The molecule has 3 aromatic rings. The fraction of sp³-hybridized carbons (Fsp3) is 0.150. The highest BCUT2D eigenvalue weighted by Crippen LogP contribution is 2.10. The number of hydrogen-bond donors (Lipinski definition) is 2. The lowest BCUT2D eigenvalue weighted by atomic mass is 10.1. The van der Waals surface area contributed by atoms with Crippen LogP contribution in [0.4, 0.5) is 5.95 Å². The Kier molecular flexibility index (Phi) is 6.17. The van der Waals surface area contributed by atoms with Crippen LogP contribution in [0.5, 0.6) is 0 Å². The van der Waals surface area contributed by atoms with Crippen LogP contribution >= 0.6 is 11.6 Å². The summed E-state index contributed by atoms with van der Waals surface area (Å²) in [6.07, 6.45) is 2.31. The molecule has 2 aromatic carbocycles. The Labute approximate surface area is 157 Å². The van der Waals surface area contributed by atoms with Crippen LogP contribution in [-0.4, -0.2) is 22.4 Å². The van der Waals surface area contributed by atoms with Crippen LogP contribution in [-0.2, 0) is 13.0 Å². The Balaban J connectivity index is 1.51. The Morgan fingerprint density at radius 1 is 0.962 bits per heavy atom. The zero-order chi connectivity index (χ0) is 18.2. The summed E-state index contributed by atoms with van der Waals surface area (Å²) in [7, 11) is 0. The van der Waals surface area contributed by atoms with E-state index in [1.807, 2.05) is 54.6 Å². The molecule has 0 saturated carbocycles. The molecule has 0 spiro atoms. The molecule has 0 atom stereocenters. The third kappa shape index (κ3) is 5.29. The summed E-state index contributed by atoms with van der Waals surface area (Å²) in [6.45, 7) is 1.12. The molecule has 0 saturated heterocycles. The van der Waals surface area contributed by atoms with Crippen molar-refractivity contribution in [2.45, 2.75) is 13.0 Å². The maximum Gasteiger partial charge on any atom is 0.270 e. The highest BCUT2D eigenvalue weighted by Gasteiger charge is 2.08. The number of rotatable bonds is 7. The predicted molar refractivity (Wildman–Crippen MR) is 103 cm³/mol. The van der Waals surface area contributed by atoms with Gasteiger partial charge in [-0.3, -0.25) is 4.79 Å². The van der Waals surface area contributed by atoms with Crippen LogP contribution < -0.4 is 10.6 Å². The average molecular weight is 367 g/mol. The molecule has 5 nitrogen and oxygen atoms in total. The summed E-state index contributed by atoms with van der Waals surface area (Å²) in [5, 5.41) is 6.70. The van der Waals surface area contributed by atoms with Gasteiger partial charge in [0.25, 0.3) is 5.91 Å². The third-order valence-electron chi connectivity index (χ3n) is 3.79. The van der Waals surface area contributed by atoms with Gasteiger partial charge in [-0.05, 0) is 35.7 Å². The molecule has 0 aliphatic heterocycles. The first-order valence-electron chi connectivity index (χ1n) is 8.34. The van der Waals surface area contributed by atoms with Crippen LogP contribution in [0.25, 0.3) is 0 Å². The van der Waals surface area contributed by atoms with Crippen LogP contribution in [0.2, 0.25) is 5.02 Å². The first-order chi connectivity index (χ1) is 12.7. The fourth-order valence-corrected chi connectivity index (χ4v) is 2.54. The summed E-state index contributed by atoms with van der Waals surface area (Å²) in [6, 6.07) is 19.1. The Morgan fingerprint density at radius 3 is 2.50 bits per heavy atom. The van der Waals surface area contributed by atoms with Crippen molar-refractivity contribution in [3.63, 3.8) is 0 Å². The van der Waals surface area contributed by atoms with Gasteiger partial charge in [0.15, 0.2) is 0 Å². The number of halogens is 1. The van der Waals surface area contributed by atoms with Crippen molar-refractivity contribution in [1.29, 1.82) is 0 Å². The van der Waals surface area contributed by atoms with E-state index in [9.17, 15) is 4.79 Å². The van der Waals surface area contributed by atoms with E-state index < -0.39 is 0 Å². The lowest BCUT2D eigenvalue weighted by Gasteiger charge is -2.08. The summed E-state index contributed by atoms with van der Waals surface area (Å²) in [5.41, 5.74) is 2.57. The van der Waals surface area contributed by atoms with Gasteiger partial charge in [-0.15, -0.1) is 0 Å². The monoisotopic (exact) mass is 366 g/mol. The van der Waals surface area contributed by atoms with E-state index in [1.165, 1.54) is 0 Å². The van der Waals surface area contributed by atoms with Gasteiger partial charge < -0.3 is 10.6 Å². The van der Waals surface area contributed by atoms with Crippen LogP contribution in [0.1, 0.15) is 21.6 Å². The lowest BCUT2D eigenvalue weighted by molar-refractivity contribution is 0.0949. The van der Waals surface area contributed by atoms with Crippen molar-refractivity contribution in [3.8, 4) is 0 Å². The molecule has 2 N–H and O–H groups in total. The molecular weight excluding hydrogens is 348 g/mol. The highest BCUT2D eigenvalue weighted by molar-refractivity contribution is 6.30. The minimum atomic E-state index is -0.218.